The molecular formula is C32H35ClN4O2. The Labute approximate surface area is 235 Å². The first-order valence-corrected chi connectivity index (χ1v) is 13.5. The molecule has 0 aliphatic carbocycles. The number of rotatable bonds is 9. The molecule has 7 heteroatoms. The number of nitrogens with one attached hydrogen (secondary N) is 1. The quantitative estimate of drug-likeness (QED) is 0.246. The van der Waals surface area contributed by atoms with Gasteiger partial charge < -0.3 is 15.0 Å². The van der Waals surface area contributed by atoms with E-state index >= 15 is 0 Å². The summed E-state index contributed by atoms with van der Waals surface area (Å²) in [6.07, 6.45) is 6.46. The van der Waals surface area contributed by atoms with Crippen molar-refractivity contribution in [3.63, 3.8) is 0 Å². The molecule has 39 heavy (non-hydrogen) atoms. The van der Waals surface area contributed by atoms with Crippen LogP contribution in [0, 0.1) is 20.8 Å². The lowest BCUT2D eigenvalue weighted by Crippen LogP contribution is -2.25. The van der Waals surface area contributed by atoms with Gasteiger partial charge >= 0.3 is 0 Å². The van der Waals surface area contributed by atoms with Crippen molar-refractivity contribution in [1.29, 1.82) is 0 Å². The fraction of sp³-hybridized carbons (Fsp3) is 0.281. The molecule has 0 atom stereocenters. The zero-order valence-electron chi connectivity index (χ0n) is 23.4. The molecule has 1 amide bonds. The minimum atomic E-state index is -0.129. The highest BCUT2D eigenvalue weighted by atomic mass is 35.5. The van der Waals surface area contributed by atoms with Gasteiger partial charge in [0, 0.05) is 66.5 Å². The Morgan fingerprint density at radius 3 is 2.49 bits per heavy atom. The van der Waals surface area contributed by atoms with Crippen LogP contribution in [0.2, 0.25) is 5.02 Å². The van der Waals surface area contributed by atoms with Gasteiger partial charge in [0.25, 0.3) is 5.91 Å². The van der Waals surface area contributed by atoms with Crippen molar-refractivity contribution in [3.05, 3.63) is 105 Å². The number of para-hydroxylation sites is 1. The molecule has 4 rings (SSSR count). The number of carbonyl (C=O) groups is 1. The third-order valence-electron chi connectivity index (χ3n) is 6.70. The average molecular weight is 543 g/mol. The van der Waals surface area contributed by atoms with E-state index < -0.39 is 0 Å². The highest BCUT2D eigenvalue weighted by Gasteiger charge is 2.17. The maximum absolute atomic E-state index is 13.0. The summed E-state index contributed by atoms with van der Waals surface area (Å²) >= 11 is 6.57. The van der Waals surface area contributed by atoms with E-state index in [-0.39, 0.29) is 19.1 Å². The maximum atomic E-state index is 13.0. The predicted octanol–water partition coefficient (Wildman–Crippen LogP) is 7.03. The van der Waals surface area contributed by atoms with Crippen LogP contribution in [0.5, 0.6) is 5.75 Å². The van der Waals surface area contributed by atoms with Gasteiger partial charge in [0.1, 0.15) is 17.9 Å². The Hall–Kier alpha value is -3.90. The second kappa shape index (κ2) is 12.3. The number of nitrogens with zero attached hydrogens (tertiary/aromatic N) is 3. The van der Waals surface area contributed by atoms with Gasteiger partial charge in [-0.15, -0.1) is 0 Å². The molecule has 2 heterocycles. The van der Waals surface area contributed by atoms with Gasteiger partial charge in [0.05, 0.1) is 5.02 Å². The van der Waals surface area contributed by atoms with Gasteiger partial charge in [0.2, 0.25) is 0 Å². The summed E-state index contributed by atoms with van der Waals surface area (Å²) < 4.78 is 6.35. The molecule has 0 unspecified atom stereocenters. The zero-order chi connectivity index (χ0) is 28.1. The van der Waals surface area contributed by atoms with Crippen molar-refractivity contribution in [1.82, 2.24) is 20.2 Å². The lowest BCUT2D eigenvalue weighted by atomic mass is 10.0. The second-order valence-corrected chi connectivity index (χ2v) is 10.3. The van der Waals surface area contributed by atoms with Crippen LogP contribution in [-0.4, -0.2) is 34.9 Å². The monoisotopic (exact) mass is 542 g/mol. The van der Waals surface area contributed by atoms with E-state index in [0.717, 1.165) is 56.5 Å². The fourth-order valence-corrected chi connectivity index (χ4v) is 5.04. The van der Waals surface area contributed by atoms with E-state index in [9.17, 15) is 4.79 Å². The number of pyridine rings is 2. The first-order valence-electron chi connectivity index (χ1n) is 13.1. The van der Waals surface area contributed by atoms with Gasteiger partial charge in [-0.3, -0.25) is 9.78 Å². The van der Waals surface area contributed by atoms with Crippen molar-refractivity contribution in [2.45, 2.75) is 47.3 Å². The van der Waals surface area contributed by atoms with Gasteiger partial charge in [-0.25, -0.2) is 4.98 Å². The molecule has 6 nitrogen and oxygen atoms in total. The third-order valence-corrected chi connectivity index (χ3v) is 7.03. The molecule has 0 radical (unpaired) electrons. The molecule has 0 aliphatic rings. The predicted molar refractivity (Wildman–Crippen MR) is 159 cm³/mol. The number of carbonyl (C=O) groups excluding carboxylic acids is 1. The van der Waals surface area contributed by atoms with E-state index in [2.05, 4.69) is 54.4 Å². The molecule has 4 aromatic rings. The standard InChI is InChI=1S/C32H35ClN4O2/c1-7-10-28(37(5)6)25-15-22(4)36-31-24(25)13-9-14-29(31)39-19-26-23(16-34-18-27(26)33)17-35-32(38)30-20(2)11-8-12-21(30)3/h8-16,18H,7,17,19H2,1-6H3,(H,35,38)/b28-10-. The van der Waals surface area contributed by atoms with Crippen molar-refractivity contribution >= 4 is 34.1 Å². The molecule has 0 aliphatic heterocycles. The molecule has 0 saturated heterocycles. The van der Waals surface area contributed by atoms with Crippen LogP contribution < -0.4 is 10.1 Å². The number of ether oxygens (including phenoxy) is 1. The van der Waals surface area contributed by atoms with E-state index in [0.29, 0.717) is 16.3 Å². The van der Waals surface area contributed by atoms with Crippen molar-refractivity contribution in [2.75, 3.05) is 14.1 Å². The first-order chi connectivity index (χ1) is 18.7. The van der Waals surface area contributed by atoms with Crippen LogP contribution in [-0.2, 0) is 13.2 Å². The molecule has 2 aromatic heterocycles. The van der Waals surface area contributed by atoms with E-state index in [1.165, 1.54) is 0 Å². The van der Waals surface area contributed by atoms with E-state index in [1.54, 1.807) is 12.4 Å². The second-order valence-electron chi connectivity index (χ2n) is 9.85. The van der Waals surface area contributed by atoms with Gasteiger partial charge in [-0.2, -0.15) is 0 Å². The minimum absolute atomic E-state index is 0.129. The first kappa shape index (κ1) is 28.1. The minimum Gasteiger partial charge on any atom is -0.487 e. The van der Waals surface area contributed by atoms with Crippen molar-refractivity contribution in [2.24, 2.45) is 0 Å². The fourth-order valence-electron chi connectivity index (χ4n) is 4.81. The summed E-state index contributed by atoms with van der Waals surface area (Å²) in [5.41, 5.74) is 8.10. The Morgan fingerprint density at radius 2 is 1.79 bits per heavy atom. The molecule has 0 saturated carbocycles. The number of amides is 1. The van der Waals surface area contributed by atoms with E-state index in [1.807, 2.05) is 51.1 Å². The Balaban J connectivity index is 1.62. The molecule has 0 spiro atoms. The summed E-state index contributed by atoms with van der Waals surface area (Å²) in [6, 6.07) is 13.9. The SMILES string of the molecule is CC/C=C(/c1cc(C)nc2c(OCc3c(Cl)cncc3CNC(=O)c3c(C)cccc3C)cccc12)N(C)C. The topological polar surface area (TPSA) is 67.4 Å². The lowest BCUT2D eigenvalue weighted by molar-refractivity contribution is 0.0949. The van der Waals surface area contributed by atoms with Gasteiger partial charge in [-0.05, 0) is 56.0 Å². The number of aryl methyl sites for hydroxylation is 3. The normalized spacial score (nSPS) is 11.5. The van der Waals surface area contributed by atoms with Crippen molar-refractivity contribution < 1.29 is 9.53 Å². The number of fused-ring (bicyclic) bond motifs is 1. The molecule has 0 fully saturated rings. The number of hydrogen-bond donors (Lipinski definition) is 1. The molecule has 202 valence electrons. The Bertz CT molecular complexity index is 1520. The number of benzene rings is 2. The van der Waals surface area contributed by atoms with E-state index in [4.69, 9.17) is 21.3 Å². The smallest absolute Gasteiger partial charge is 0.252 e. The molecule has 0 bridgehead atoms. The van der Waals surface area contributed by atoms with Crippen LogP contribution in [0.1, 0.15) is 57.2 Å². The number of halogens is 1. The summed E-state index contributed by atoms with van der Waals surface area (Å²) in [7, 11) is 4.10. The largest absolute Gasteiger partial charge is 0.487 e. The van der Waals surface area contributed by atoms with Crippen LogP contribution in [0.25, 0.3) is 16.6 Å². The van der Waals surface area contributed by atoms with Gasteiger partial charge in [0.15, 0.2) is 0 Å². The Kier molecular flexibility index (Phi) is 8.87. The summed E-state index contributed by atoms with van der Waals surface area (Å²) in [6.45, 7) is 8.50. The number of aromatic nitrogens is 2. The molecule has 2 aromatic carbocycles. The lowest BCUT2D eigenvalue weighted by Gasteiger charge is -2.21. The highest BCUT2D eigenvalue weighted by molar-refractivity contribution is 6.31. The third kappa shape index (κ3) is 6.23. The number of allylic oxidation sites excluding steroid dienone is 1. The van der Waals surface area contributed by atoms with Crippen molar-refractivity contribution in [3.8, 4) is 5.75 Å². The van der Waals surface area contributed by atoms with Crippen LogP contribution in [0.15, 0.2) is 60.9 Å². The zero-order valence-corrected chi connectivity index (χ0v) is 24.2. The molecular weight excluding hydrogens is 508 g/mol. The summed E-state index contributed by atoms with van der Waals surface area (Å²) in [5, 5.41) is 4.53. The summed E-state index contributed by atoms with van der Waals surface area (Å²) in [5.74, 6) is 0.543. The Morgan fingerprint density at radius 1 is 1.08 bits per heavy atom. The van der Waals surface area contributed by atoms with Crippen LogP contribution >= 0.6 is 11.6 Å². The van der Waals surface area contributed by atoms with Gasteiger partial charge in [-0.1, -0.05) is 54.9 Å². The van der Waals surface area contributed by atoms with Crippen LogP contribution in [0.3, 0.4) is 0 Å². The number of hydrogen-bond acceptors (Lipinski definition) is 5. The molecule has 1 N–H and O–H groups in total. The maximum Gasteiger partial charge on any atom is 0.252 e. The average Bonchev–Trinajstić information content (AvgIpc) is 2.89. The highest BCUT2D eigenvalue weighted by Crippen LogP contribution is 2.33. The summed E-state index contributed by atoms with van der Waals surface area (Å²) in [4.78, 5) is 24.2. The van der Waals surface area contributed by atoms with Crippen LogP contribution in [0.4, 0.5) is 0 Å².